The maximum atomic E-state index is 14.0. The topological polar surface area (TPSA) is 46.5 Å². The second-order valence-electron chi connectivity index (χ2n) is 9.52. The number of benzene rings is 2. The number of nitrogens with one attached hydrogen (secondary N) is 1. The summed E-state index contributed by atoms with van der Waals surface area (Å²) in [6.07, 6.45) is 6.74. The maximum Gasteiger partial charge on any atom is 0.323 e. The minimum Gasteiger partial charge on any atom is -0.497 e. The zero-order valence-corrected chi connectivity index (χ0v) is 22.0. The minimum absolute atomic E-state index is 0.176. The second-order valence-corrected chi connectivity index (χ2v) is 11.0. The van der Waals surface area contributed by atoms with Crippen molar-refractivity contribution in [3.63, 3.8) is 0 Å². The minimum atomic E-state index is -0.293. The Hall–Kier alpha value is -3.22. The van der Waals surface area contributed by atoms with Crippen LogP contribution in [-0.2, 0) is 19.4 Å². The van der Waals surface area contributed by atoms with Gasteiger partial charge in [-0.2, -0.15) is 0 Å². The number of halogens is 1. The van der Waals surface area contributed by atoms with E-state index < -0.39 is 0 Å². The summed E-state index contributed by atoms with van der Waals surface area (Å²) in [5.41, 5.74) is 6.42. The van der Waals surface area contributed by atoms with Crippen molar-refractivity contribution in [2.75, 3.05) is 12.4 Å². The van der Waals surface area contributed by atoms with E-state index >= 15 is 0 Å². The summed E-state index contributed by atoms with van der Waals surface area (Å²) in [5, 5.41) is 4.88. The zero-order chi connectivity index (χ0) is 24.8. The molecule has 0 bridgehead atoms. The Morgan fingerprint density at radius 2 is 1.94 bits per heavy atom. The zero-order valence-electron chi connectivity index (χ0n) is 20.4. The average molecular weight is 518 g/mol. The van der Waals surface area contributed by atoms with Crippen molar-refractivity contribution >= 4 is 34.7 Å². The molecule has 184 valence electrons. The van der Waals surface area contributed by atoms with E-state index in [1.165, 1.54) is 33.8 Å². The number of carbonyl (C=O) groups excluding carboxylic acids is 1. The number of carbonyl (C=O) groups is 1. The van der Waals surface area contributed by atoms with Gasteiger partial charge in [0.15, 0.2) is 0 Å². The number of aromatic nitrogens is 1. The molecule has 5 nitrogen and oxygen atoms in total. The summed E-state index contributed by atoms with van der Waals surface area (Å²) >= 11 is 8.39. The van der Waals surface area contributed by atoms with Gasteiger partial charge in [0.25, 0.3) is 0 Å². The Bertz CT molecular complexity index is 1460. The van der Waals surface area contributed by atoms with Crippen molar-refractivity contribution in [2.24, 2.45) is 0 Å². The standard InChI is InChI=1S/C29H28ClN3O2S/c1-18-12-13-24(23(30)15-18)31-29(34)33-17-22-21-9-3-4-11-26(21)36-28(22)32-14-6-10-25(32)27(33)19-7-5-8-20(16-19)35-2/h5-8,10,12-16,27H,3-4,9,11,17H2,1-2H3,(H,31,34)/t27-/m0/s1. The summed E-state index contributed by atoms with van der Waals surface area (Å²) < 4.78 is 7.83. The summed E-state index contributed by atoms with van der Waals surface area (Å²) in [6, 6.07) is 17.4. The lowest BCUT2D eigenvalue weighted by Gasteiger charge is -2.31. The van der Waals surface area contributed by atoms with Crippen molar-refractivity contribution in [2.45, 2.75) is 45.2 Å². The van der Waals surface area contributed by atoms with Gasteiger partial charge in [-0.05, 0) is 85.7 Å². The van der Waals surface area contributed by atoms with E-state index in [9.17, 15) is 4.79 Å². The molecular formula is C29H28ClN3O2S. The van der Waals surface area contributed by atoms with E-state index in [4.69, 9.17) is 16.3 Å². The molecule has 2 amide bonds. The molecule has 2 aliphatic rings. The Balaban J connectivity index is 1.50. The molecule has 0 fully saturated rings. The summed E-state index contributed by atoms with van der Waals surface area (Å²) in [6.45, 7) is 2.51. The highest BCUT2D eigenvalue weighted by molar-refractivity contribution is 7.15. The summed E-state index contributed by atoms with van der Waals surface area (Å²) in [4.78, 5) is 17.5. The molecule has 0 saturated carbocycles. The van der Waals surface area contributed by atoms with Gasteiger partial charge in [0.2, 0.25) is 0 Å². The van der Waals surface area contributed by atoms with Gasteiger partial charge in [0, 0.05) is 16.6 Å². The molecule has 2 aromatic heterocycles. The normalized spacial score (nSPS) is 16.5. The van der Waals surface area contributed by atoms with Gasteiger partial charge in [0.1, 0.15) is 10.8 Å². The van der Waals surface area contributed by atoms with Gasteiger partial charge in [-0.25, -0.2) is 4.79 Å². The predicted octanol–water partition coefficient (Wildman–Crippen LogP) is 7.53. The van der Waals surface area contributed by atoms with E-state index in [0.29, 0.717) is 17.3 Å². The largest absolute Gasteiger partial charge is 0.497 e. The first kappa shape index (κ1) is 23.2. The molecule has 0 saturated heterocycles. The van der Waals surface area contributed by atoms with Crippen LogP contribution >= 0.6 is 22.9 Å². The van der Waals surface area contributed by atoms with E-state index in [0.717, 1.165) is 35.4 Å². The number of amides is 2. The molecule has 1 N–H and O–H groups in total. The second kappa shape index (κ2) is 9.34. The predicted molar refractivity (Wildman–Crippen MR) is 146 cm³/mol. The molecule has 0 spiro atoms. The van der Waals surface area contributed by atoms with Crippen molar-refractivity contribution < 1.29 is 9.53 Å². The molecule has 0 radical (unpaired) electrons. The number of aryl methyl sites for hydroxylation is 2. The highest BCUT2D eigenvalue weighted by Gasteiger charge is 2.36. The van der Waals surface area contributed by atoms with Gasteiger partial charge in [-0.1, -0.05) is 29.8 Å². The van der Waals surface area contributed by atoms with Crippen LogP contribution in [0.3, 0.4) is 0 Å². The number of thiophene rings is 1. The van der Waals surface area contributed by atoms with E-state index in [2.05, 4.69) is 34.3 Å². The number of urea groups is 1. The molecule has 1 aliphatic heterocycles. The number of rotatable bonds is 3. The third-order valence-electron chi connectivity index (χ3n) is 7.22. The third kappa shape index (κ3) is 3.98. The lowest BCUT2D eigenvalue weighted by molar-refractivity contribution is 0.194. The molecule has 0 unspecified atom stereocenters. The fraction of sp³-hybridized carbons (Fsp3) is 0.276. The Morgan fingerprint density at radius 3 is 2.78 bits per heavy atom. The Morgan fingerprint density at radius 1 is 1.08 bits per heavy atom. The van der Waals surface area contributed by atoms with Crippen molar-refractivity contribution in [3.05, 3.63) is 98.6 Å². The molecule has 2 aromatic carbocycles. The number of hydrogen-bond donors (Lipinski definition) is 1. The van der Waals surface area contributed by atoms with Crippen LogP contribution in [0.4, 0.5) is 10.5 Å². The lowest BCUT2D eigenvalue weighted by atomic mass is 9.95. The number of methoxy groups -OCH3 is 1. The first-order chi connectivity index (χ1) is 17.5. The number of anilines is 1. The van der Waals surface area contributed by atoms with Crippen molar-refractivity contribution in [1.82, 2.24) is 9.47 Å². The molecule has 1 aliphatic carbocycles. The van der Waals surface area contributed by atoms with Crippen LogP contribution in [0.1, 0.15) is 51.7 Å². The maximum absolute atomic E-state index is 14.0. The van der Waals surface area contributed by atoms with Gasteiger partial charge in [-0.3, -0.25) is 0 Å². The summed E-state index contributed by atoms with van der Waals surface area (Å²) in [5.74, 6) is 0.768. The van der Waals surface area contributed by atoms with Crippen LogP contribution in [0.15, 0.2) is 60.8 Å². The Labute approximate surface area is 220 Å². The van der Waals surface area contributed by atoms with Crippen LogP contribution in [0.5, 0.6) is 5.75 Å². The van der Waals surface area contributed by atoms with Crippen LogP contribution in [-0.4, -0.2) is 22.6 Å². The van der Waals surface area contributed by atoms with Gasteiger partial charge in [0.05, 0.1) is 36.1 Å². The van der Waals surface area contributed by atoms with Gasteiger partial charge in [-0.15, -0.1) is 11.3 Å². The number of ether oxygens (including phenoxy) is 1. The van der Waals surface area contributed by atoms with Crippen LogP contribution < -0.4 is 10.1 Å². The van der Waals surface area contributed by atoms with Gasteiger partial charge < -0.3 is 19.5 Å². The molecule has 3 heterocycles. The molecule has 4 aromatic rings. The fourth-order valence-corrected chi connectivity index (χ4v) is 7.14. The van der Waals surface area contributed by atoms with Crippen LogP contribution in [0.25, 0.3) is 5.00 Å². The first-order valence-corrected chi connectivity index (χ1v) is 13.5. The van der Waals surface area contributed by atoms with Crippen molar-refractivity contribution in [3.8, 4) is 10.8 Å². The molecule has 1 atom stereocenters. The highest BCUT2D eigenvalue weighted by atomic mass is 35.5. The SMILES string of the molecule is COc1cccc([C@H]2c3cccn3-c3sc4c(c3CN2C(=O)Nc2ccc(C)cc2Cl)CCCC4)c1. The quantitative estimate of drug-likeness (QED) is 0.305. The Kier molecular flexibility index (Phi) is 6.02. The molecule has 6 rings (SSSR count). The number of hydrogen-bond acceptors (Lipinski definition) is 3. The fourth-order valence-electron chi connectivity index (χ4n) is 5.46. The lowest BCUT2D eigenvalue weighted by Crippen LogP contribution is -2.38. The van der Waals surface area contributed by atoms with E-state index in [1.54, 1.807) is 7.11 Å². The van der Waals surface area contributed by atoms with Crippen molar-refractivity contribution in [1.29, 1.82) is 0 Å². The molecule has 7 heteroatoms. The highest BCUT2D eigenvalue weighted by Crippen LogP contribution is 2.44. The van der Waals surface area contributed by atoms with Gasteiger partial charge >= 0.3 is 6.03 Å². The van der Waals surface area contributed by atoms with E-state index in [1.807, 2.05) is 59.6 Å². The summed E-state index contributed by atoms with van der Waals surface area (Å²) in [7, 11) is 1.67. The molecular weight excluding hydrogens is 490 g/mol. The van der Waals surface area contributed by atoms with E-state index in [-0.39, 0.29) is 12.1 Å². The smallest absolute Gasteiger partial charge is 0.323 e. The van der Waals surface area contributed by atoms with Crippen LogP contribution in [0, 0.1) is 6.92 Å². The third-order valence-corrected chi connectivity index (χ3v) is 8.86. The monoisotopic (exact) mass is 517 g/mol. The number of fused-ring (bicyclic) bond motifs is 5. The average Bonchev–Trinajstić information content (AvgIpc) is 3.47. The molecule has 36 heavy (non-hydrogen) atoms. The number of nitrogens with zero attached hydrogens (tertiary/aromatic N) is 2. The first-order valence-electron chi connectivity index (χ1n) is 12.3. The van der Waals surface area contributed by atoms with Crippen LogP contribution in [0.2, 0.25) is 5.02 Å².